The number of hydrogen-bond acceptors (Lipinski definition) is 3. The minimum atomic E-state index is -4.37. The lowest BCUT2D eigenvalue weighted by molar-refractivity contribution is -0.646. The van der Waals surface area contributed by atoms with E-state index in [1.54, 1.807) is 12.4 Å². The Bertz CT molecular complexity index is 537. The molecule has 18 heavy (non-hydrogen) atoms. The van der Waals surface area contributed by atoms with Crippen molar-refractivity contribution in [2.24, 2.45) is 0 Å². The van der Waals surface area contributed by atoms with Crippen LogP contribution < -0.4 is 10.1 Å². The average Bonchev–Trinajstić information content (AvgIpc) is 2.28. The van der Waals surface area contributed by atoms with Gasteiger partial charge in [-0.15, -0.1) is 4.68 Å². The van der Waals surface area contributed by atoms with Crippen molar-refractivity contribution in [3.05, 3.63) is 48.2 Å². The molecule has 0 saturated heterocycles. The summed E-state index contributed by atoms with van der Waals surface area (Å²) in [4.78, 5) is 7.62. The number of pyridine rings is 1. The van der Waals surface area contributed by atoms with Crippen molar-refractivity contribution >= 4 is 5.82 Å². The fraction of sp³-hybridized carbons (Fsp3) is 0.182. The molecule has 0 atom stereocenters. The van der Waals surface area contributed by atoms with Crippen LogP contribution in [0.3, 0.4) is 0 Å². The molecule has 7 heteroatoms. The van der Waals surface area contributed by atoms with Gasteiger partial charge in [0.25, 0.3) is 0 Å². The summed E-state index contributed by atoms with van der Waals surface area (Å²) < 4.78 is 38.5. The summed E-state index contributed by atoms with van der Waals surface area (Å²) in [5.74, 6) is 0.306. The molecule has 0 radical (unpaired) electrons. The number of anilines is 1. The average molecular weight is 255 g/mol. The molecular formula is C11H10F3N4+. The van der Waals surface area contributed by atoms with Gasteiger partial charge in [0.15, 0.2) is 5.82 Å². The molecule has 0 amide bonds. The van der Waals surface area contributed by atoms with E-state index in [-0.39, 0.29) is 0 Å². The first-order valence-corrected chi connectivity index (χ1v) is 5.08. The highest BCUT2D eigenvalue weighted by Crippen LogP contribution is 2.28. The van der Waals surface area contributed by atoms with Crippen LogP contribution in [0.1, 0.15) is 11.1 Å². The molecule has 0 aliphatic heterocycles. The zero-order valence-electron chi connectivity index (χ0n) is 9.44. The normalized spacial score (nSPS) is 11.3. The van der Waals surface area contributed by atoms with Gasteiger partial charge < -0.3 is 0 Å². The molecule has 0 aliphatic rings. The minimum Gasteiger partial charge on any atom is -0.236 e. The maximum atomic E-state index is 12.3. The molecule has 0 aromatic carbocycles. The summed E-state index contributed by atoms with van der Waals surface area (Å²) in [6.45, 7) is 1.85. The van der Waals surface area contributed by atoms with E-state index in [9.17, 15) is 13.2 Å². The first-order chi connectivity index (χ1) is 8.45. The van der Waals surface area contributed by atoms with Gasteiger partial charge in [0.2, 0.25) is 0 Å². The summed E-state index contributed by atoms with van der Waals surface area (Å²) in [5, 5.41) is 0. The fourth-order valence-electron chi connectivity index (χ4n) is 1.33. The molecule has 0 unspecified atom stereocenters. The predicted molar refractivity (Wildman–Crippen MR) is 57.4 cm³/mol. The lowest BCUT2D eigenvalue weighted by Gasteiger charge is -2.07. The summed E-state index contributed by atoms with van der Waals surface area (Å²) in [6.07, 6.45) is 1.31. The first-order valence-electron chi connectivity index (χ1n) is 5.08. The van der Waals surface area contributed by atoms with Gasteiger partial charge in [0.1, 0.15) is 12.4 Å². The molecule has 0 spiro atoms. The van der Waals surface area contributed by atoms with Crippen molar-refractivity contribution in [3.63, 3.8) is 0 Å². The smallest absolute Gasteiger partial charge is 0.236 e. The number of aromatic nitrogens is 3. The van der Waals surface area contributed by atoms with Gasteiger partial charge >= 0.3 is 12.5 Å². The molecule has 2 aromatic heterocycles. The van der Waals surface area contributed by atoms with Crippen molar-refractivity contribution < 1.29 is 17.8 Å². The second-order valence-electron chi connectivity index (χ2n) is 3.72. The minimum absolute atomic E-state index is 0.306. The van der Waals surface area contributed by atoms with E-state index in [4.69, 9.17) is 0 Å². The third kappa shape index (κ3) is 2.93. The molecule has 2 rings (SSSR count). The molecule has 0 bridgehead atoms. The van der Waals surface area contributed by atoms with Crippen molar-refractivity contribution in [2.45, 2.75) is 13.1 Å². The molecule has 94 valence electrons. The standard InChI is InChI=1S/C11H10F3N4/c1-8-4-15-7-18(6-8)17-10-3-2-9(5-16-10)11(12,13)14/h2-7H,1H3,(H,16,17)/q+1. The Morgan fingerprint density at radius 3 is 2.56 bits per heavy atom. The van der Waals surface area contributed by atoms with Gasteiger partial charge in [0.05, 0.1) is 5.56 Å². The van der Waals surface area contributed by atoms with Crippen LogP contribution in [0, 0.1) is 6.92 Å². The summed E-state index contributed by atoms with van der Waals surface area (Å²) in [5.41, 5.74) is 2.94. The molecule has 2 heterocycles. The third-order valence-corrected chi connectivity index (χ3v) is 2.15. The van der Waals surface area contributed by atoms with Gasteiger partial charge in [-0.3, -0.25) is 0 Å². The topological polar surface area (TPSA) is 41.7 Å². The number of hydrogen-bond donors (Lipinski definition) is 1. The quantitative estimate of drug-likeness (QED) is 0.834. The summed E-state index contributed by atoms with van der Waals surface area (Å²) in [6, 6.07) is 2.23. The van der Waals surface area contributed by atoms with Crippen LogP contribution in [-0.4, -0.2) is 9.97 Å². The van der Waals surface area contributed by atoms with Crippen LogP contribution in [0.25, 0.3) is 0 Å². The number of alkyl halides is 3. The van der Waals surface area contributed by atoms with Crippen LogP contribution in [0.5, 0.6) is 0 Å². The SMILES string of the molecule is Cc1cnc[n+](Nc2ccc(C(F)(F)F)cn2)c1. The van der Waals surface area contributed by atoms with Crippen molar-refractivity contribution in [3.8, 4) is 0 Å². The number of halogens is 3. The zero-order valence-corrected chi connectivity index (χ0v) is 9.44. The highest BCUT2D eigenvalue weighted by molar-refractivity contribution is 5.33. The molecule has 2 aromatic rings. The van der Waals surface area contributed by atoms with Crippen LogP contribution in [0.2, 0.25) is 0 Å². The first kappa shape index (κ1) is 12.3. The molecular weight excluding hydrogens is 245 g/mol. The monoisotopic (exact) mass is 255 g/mol. The maximum absolute atomic E-state index is 12.3. The second-order valence-corrected chi connectivity index (χ2v) is 3.72. The van der Waals surface area contributed by atoms with E-state index in [0.717, 1.165) is 17.8 Å². The summed E-state index contributed by atoms with van der Waals surface area (Å²) >= 11 is 0. The van der Waals surface area contributed by atoms with Crippen LogP contribution >= 0.6 is 0 Å². The Morgan fingerprint density at radius 1 is 1.22 bits per heavy atom. The molecule has 0 fully saturated rings. The Hall–Kier alpha value is -2.18. The van der Waals surface area contributed by atoms with Gasteiger partial charge in [0, 0.05) is 11.8 Å². The van der Waals surface area contributed by atoms with E-state index in [1.807, 2.05) is 6.92 Å². The van der Waals surface area contributed by atoms with E-state index < -0.39 is 11.7 Å². The Kier molecular flexibility index (Phi) is 3.14. The highest BCUT2D eigenvalue weighted by atomic mass is 19.4. The Morgan fingerprint density at radius 2 is 2.00 bits per heavy atom. The fourth-order valence-corrected chi connectivity index (χ4v) is 1.33. The van der Waals surface area contributed by atoms with E-state index >= 15 is 0 Å². The van der Waals surface area contributed by atoms with Gasteiger partial charge in [-0.2, -0.15) is 13.2 Å². The second kappa shape index (κ2) is 4.59. The van der Waals surface area contributed by atoms with Crippen LogP contribution in [0.15, 0.2) is 37.1 Å². The maximum Gasteiger partial charge on any atom is 0.417 e. The Balaban J connectivity index is 2.16. The third-order valence-electron chi connectivity index (χ3n) is 2.15. The number of aryl methyl sites for hydroxylation is 1. The predicted octanol–water partition coefficient (Wildman–Crippen LogP) is 1.97. The van der Waals surface area contributed by atoms with Gasteiger partial charge in [-0.05, 0) is 19.1 Å². The highest BCUT2D eigenvalue weighted by Gasteiger charge is 2.30. The van der Waals surface area contributed by atoms with Crippen molar-refractivity contribution in [1.29, 1.82) is 0 Å². The summed E-state index contributed by atoms with van der Waals surface area (Å²) in [7, 11) is 0. The lowest BCUT2D eigenvalue weighted by atomic mass is 10.3. The van der Waals surface area contributed by atoms with Crippen LogP contribution in [-0.2, 0) is 6.18 Å². The van der Waals surface area contributed by atoms with Crippen molar-refractivity contribution in [2.75, 3.05) is 5.43 Å². The molecule has 4 nitrogen and oxygen atoms in total. The molecule has 0 aliphatic carbocycles. The van der Waals surface area contributed by atoms with E-state index in [0.29, 0.717) is 5.82 Å². The Labute approximate surface area is 101 Å². The number of nitrogens with one attached hydrogen (secondary N) is 1. The lowest BCUT2D eigenvalue weighted by Crippen LogP contribution is -2.42. The molecule has 1 N–H and O–H groups in total. The molecule has 0 saturated carbocycles. The van der Waals surface area contributed by atoms with Gasteiger partial charge in [-0.25, -0.2) is 10.4 Å². The number of nitrogens with zero attached hydrogens (tertiary/aromatic N) is 3. The van der Waals surface area contributed by atoms with Crippen LogP contribution in [0.4, 0.5) is 19.0 Å². The van der Waals surface area contributed by atoms with Crippen molar-refractivity contribution in [1.82, 2.24) is 9.97 Å². The van der Waals surface area contributed by atoms with E-state index in [2.05, 4.69) is 15.4 Å². The largest absolute Gasteiger partial charge is 0.417 e. The zero-order chi connectivity index (χ0) is 13.2. The number of rotatable bonds is 2. The van der Waals surface area contributed by atoms with E-state index in [1.165, 1.54) is 17.1 Å². The van der Waals surface area contributed by atoms with Gasteiger partial charge in [-0.1, -0.05) is 4.98 Å².